The van der Waals surface area contributed by atoms with E-state index in [2.05, 4.69) is 26.0 Å². The molecular weight excluding hydrogens is 220 g/mol. The van der Waals surface area contributed by atoms with Crippen molar-refractivity contribution in [3.05, 3.63) is 12.4 Å². The lowest BCUT2D eigenvalue weighted by Crippen LogP contribution is -2.27. The predicted molar refractivity (Wildman–Crippen MR) is 64.1 cm³/mol. The van der Waals surface area contributed by atoms with Crippen molar-refractivity contribution in [2.75, 3.05) is 17.3 Å². The Morgan fingerprint density at radius 3 is 2.88 bits per heavy atom. The number of nitrogens with two attached hydrogens (primary N) is 1. The molecule has 0 aromatic carbocycles. The Hall–Kier alpha value is -1.89. The first-order valence-corrected chi connectivity index (χ1v) is 5.60. The largest absolute Gasteiger partial charge is 0.368 e. The molecule has 92 valence electrons. The highest BCUT2D eigenvalue weighted by Gasteiger charge is 2.22. The van der Waals surface area contributed by atoms with Crippen LogP contribution in [0.3, 0.4) is 0 Å². The summed E-state index contributed by atoms with van der Waals surface area (Å²) < 4.78 is 0. The fourth-order valence-electron chi connectivity index (χ4n) is 1.35. The normalized spacial score (nSPS) is 14.2. The minimum Gasteiger partial charge on any atom is -0.368 e. The van der Waals surface area contributed by atoms with E-state index in [9.17, 15) is 4.79 Å². The number of hydrazine groups is 1. The Labute approximate surface area is 99.2 Å². The molecule has 0 radical (unpaired) electrons. The highest BCUT2D eigenvalue weighted by atomic mass is 16.1. The Balaban J connectivity index is 1.71. The third-order valence-corrected chi connectivity index (χ3v) is 2.38. The van der Waals surface area contributed by atoms with E-state index in [4.69, 9.17) is 5.84 Å². The lowest BCUT2D eigenvalue weighted by atomic mass is 10.4. The second kappa shape index (κ2) is 5.44. The monoisotopic (exact) mass is 236 g/mol. The molecule has 1 aromatic heterocycles. The molecule has 1 heterocycles. The number of carbonyl (C=O) groups is 1. The highest BCUT2D eigenvalue weighted by molar-refractivity contribution is 5.77. The maximum atomic E-state index is 11.4. The van der Waals surface area contributed by atoms with Crippen LogP contribution >= 0.6 is 0 Å². The number of hydrogen-bond donors (Lipinski definition) is 4. The number of anilines is 2. The lowest BCUT2D eigenvalue weighted by molar-refractivity contribution is -0.120. The van der Waals surface area contributed by atoms with Crippen LogP contribution in [0.2, 0.25) is 0 Å². The molecule has 1 fully saturated rings. The first kappa shape index (κ1) is 11.6. The van der Waals surface area contributed by atoms with Gasteiger partial charge in [-0.3, -0.25) is 9.78 Å². The molecule has 0 aliphatic heterocycles. The average molecular weight is 236 g/mol. The minimum absolute atomic E-state index is 0.0704. The topological polar surface area (TPSA) is 105 Å². The van der Waals surface area contributed by atoms with Gasteiger partial charge in [-0.25, -0.2) is 10.8 Å². The highest BCUT2D eigenvalue weighted by Crippen LogP contribution is 2.18. The molecule has 17 heavy (non-hydrogen) atoms. The van der Waals surface area contributed by atoms with Crippen LogP contribution < -0.4 is 21.9 Å². The number of nitrogens with zero attached hydrogens (tertiary/aromatic N) is 2. The number of rotatable bonds is 6. The maximum absolute atomic E-state index is 11.4. The fraction of sp³-hybridized carbons (Fsp3) is 0.500. The summed E-state index contributed by atoms with van der Waals surface area (Å²) >= 11 is 0. The number of amides is 1. The zero-order valence-corrected chi connectivity index (χ0v) is 9.44. The van der Waals surface area contributed by atoms with E-state index in [1.807, 2.05) is 0 Å². The Morgan fingerprint density at radius 1 is 1.41 bits per heavy atom. The SMILES string of the molecule is NNc1cncc(NCCC(=O)NC2CC2)n1. The second-order valence-electron chi connectivity index (χ2n) is 3.95. The van der Waals surface area contributed by atoms with E-state index in [1.165, 1.54) is 6.20 Å². The van der Waals surface area contributed by atoms with Gasteiger partial charge in [0.1, 0.15) is 5.82 Å². The molecular formula is C10H16N6O. The molecule has 0 unspecified atom stereocenters. The van der Waals surface area contributed by atoms with Crippen LogP contribution in [0.5, 0.6) is 0 Å². The van der Waals surface area contributed by atoms with Gasteiger partial charge in [0.05, 0.1) is 12.4 Å². The zero-order valence-electron chi connectivity index (χ0n) is 9.44. The van der Waals surface area contributed by atoms with Crippen molar-refractivity contribution in [3.63, 3.8) is 0 Å². The number of hydrogen-bond acceptors (Lipinski definition) is 6. The van der Waals surface area contributed by atoms with Crippen LogP contribution in [0, 0.1) is 0 Å². The van der Waals surface area contributed by atoms with Crippen LogP contribution in [0.4, 0.5) is 11.6 Å². The first-order valence-electron chi connectivity index (χ1n) is 5.60. The summed E-state index contributed by atoms with van der Waals surface area (Å²) in [6, 6.07) is 0.409. The van der Waals surface area contributed by atoms with Gasteiger partial charge in [-0.1, -0.05) is 0 Å². The predicted octanol–water partition coefficient (Wildman–Crippen LogP) is -0.157. The van der Waals surface area contributed by atoms with Gasteiger partial charge < -0.3 is 16.1 Å². The Morgan fingerprint density at radius 2 is 2.18 bits per heavy atom. The summed E-state index contributed by atoms with van der Waals surface area (Å²) in [5, 5.41) is 5.93. The molecule has 0 atom stereocenters. The minimum atomic E-state index is 0.0704. The maximum Gasteiger partial charge on any atom is 0.221 e. The molecule has 7 nitrogen and oxygen atoms in total. The van der Waals surface area contributed by atoms with Gasteiger partial charge in [0.15, 0.2) is 5.82 Å². The van der Waals surface area contributed by atoms with Crippen LogP contribution in [-0.2, 0) is 4.79 Å². The summed E-state index contributed by atoms with van der Waals surface area (Å²) in [4.78, 5) is 19.5. The van der Waals surface area contributed by atoms with Gasteiger partial charge in [0, 0.05) is 19.0 Å². The van der Waals surface area contributed by atoms with Crippen LogP contribution in [0.1, 0.15) is 19.3 Å². The van der Waals surface area contributed by atoms with Gasteiger partial charge in [-0.05, 0) is 12.8 Å². The van der Waals surface area contributed by atoms with Gasteiger partial charge in [-0.15, -0.1) is 0 Å². The van der Waals surface area contributed by atoms with Crippen molar-refractivity contribution in [2.45, 2.75) is 25.3 Å². The smallest absolute Gasteiger partial charge is 0.221 e. The van der Waals surface area contributed by atoms with Gasteiger partial charge in [0.2, 0.25) is 5.91 Å². The number of carbonyl (C=O) groups excluding carboxylic acids is 1. The third kappa shape index (κ3) is 3.87. The Bertz CT molecular complexity index is 392. The molecule has 1 saturated carbocycles. The standard InChI is InChI=1S/C10H16N6O/c11-16-9-6-12-5-8(15-9)13-4-3-10(17)14-7-1-2-7/h5-7H,1-4,11H2,(H,14,17)(H2,13,15,16). The lowest BCUT2D eigenvalue weighted by Gasteiger charge is -2.06. The first-order chi connectivity index (χ1) is 8.28. The van der Waals surface area contributed by atoms with Crippen LogP contribution in [-0.4, -0.2) is 28.5 Å². The second-order valence-corrected chi connectivity index (χ2v) is 3.95. The number of nitrogens with one attached hydrogen (secondary N) is 3. The molecule has 0 saturated heterocycles. The van der Waals surface area contributed by atoms with Crippen LogP contribution in [0.15, 0.2) is 12.4 Å². The molecule has 0 spiro atoms. The Kier molecular flexibility index (Phi) is 3.71. The summed E-state index contributed by atoms with van der Waals surface area (Å²) in [6.07, 6.45) is 5.74. The molecule has 2 rings (SSSR count). The molecule has 1 aliphatic carbocycles. The molecule has 5 N–H and O–H groups in total. The van der Waals surface area contributed by atoms with Gasteiger partial charge in [0.25, 0.3) is 0 Å². The van der Waals surface area contributed by atoms with Gasteiger partial charge >= 0.3 is 0 Å². The molecule has 1 aliphatic rings. The van der Waals surface area contributed by atoms with Crippen LogP contribution in [0.25, 0.3) is 0 Å². The fourth-order valence-corrected chi connectivity index (χ4v) is 1.35. The quantitative estimate of drug-likeness (QED) is 0.404. The van der Waals surface area contributed by atoms with E-state index in [-0.39, 0.29) is 5.91 Å². The van der Waals surface area contributed by atoms with Crippen molar-refractivity contribution in [1.29, 1.82) is 0 Å². The molecule has 1 aromatic rings. The van der Waals surface area contributed by atoms with Gasteiger partial charge in [-0.2, -0.15) is 0 Å². The average Bonchev–Trinajstić information content (AvgIpc) is 3.13. The number of nitrogen functional groups attached to an aromatic ring is 1. The third-order valence-electron chi connectivity index (χ3n) is 2.38. The van der Waals surface area contributed by atoms with Crippen molar-refractivity contribution < 1.29 is 4.79 Å². The van der Waals surface area contributed by atoms with E-state index < -0.39 is 0 Å². The van der Waals surface area contributed by atoms with E-state index >= 15 is 0 Å². The zero-order chi connectivity index (χ0) is 12.1. The molecule has 7 heteroatoms. The summed E-state index contributed by atoms with van der Waals surface area (Å²) in [6.45, 7) is 0.529. The van der Waals surface area contributed by atoms with E-state index in [0.717, 1.165) is 12.8 Å². The van der Waals surface area contributed by atoms with Crippen molar-refractivity contribution in [1.82, 2.24) is 15.3 Å². The summed E-state index contributed by atoms with van der Waals surface area (Å²) in [7, 11) is 0. The van der Waals surface area contributed by atoms with E-state index in [1.54, 1.807) is 6.20 Å². The molecule has 1 amide bonds. The summed E-state index contributed by atoms with van der Waals surface area (Å²) in [5.74, 6) is 6.36. The number of aromatic nitrogens is 2. The van der Waals surface area contributed by atoms with Crippen molar-refractivity contribution in [2.24, 2.45) is 5.84 Å². The summed E-state index contributed by atoms with van der Waals surface area (Å²) in [5.41, 5.74) is 2.41. The van der Waals surface area contributed by atoms with E-state index in [0.29, 0.717) is 30.6 Å². The molecule has 0 bridgehead atoms. The van der Waals surface area contributed by atoms with Crippen molar-refractivity contribution >= 4 is 17.5 Å². The van der Waals surface area contributed by atoms with Crippen molar-refractivity contribution in [3.8, 4) is 0 Å².